The molecular formula is C26H26ClN3O2S. The van der Waals surface area contributed by atoms with Crippen LogP contribution in [0.1, 0.15) is 43.0 Å². The number of halogens is 1. The van der Waals surface area contributed by atoms with Gasteiger partial charge in [-0.2, -0.15) is 0 Å². The van der Waals surface area contributed by atoms with Crippen molar-refractivity contribution in [3.63, 3.8) is 0 Å². The molecule has 0 radical (unpaired) electrons. The van der Waals surface area contributed by atoms with Crippen LogP contribution in [0.2, 0.25) is 5.02 Å². The summed E-state index contributed by atoms with van der Waals surface area (Å²) in [6, 6.07) is 9.44. The third kappa shape index (κ3) is 3.98. The van der Waals surface area contributed by atoms with Gasteiger partial charge in [0.1, 0.15) is 5.57 Å². The lowest BCUT2D eigenvalue weighted by molar-refractivity contribution is -0.122. The normalized spacial score (nSPS) is 18.9. The van der Waals surface area contributed by atoms with Gasteiger partial charge in [-0.25, -0.2) is 0 Å². The quantitative estimate of drug-likeness (QED) is 0.355. The number of aryl methyl sites for hydroxylation is 2. The molecule has 7 heteroatoms. The first-order valence-corrected chi connectivity index (χ1v) is 11.5. The van der Waals surface area contributed by atoms with Gasteiger partial charge in [0.2, 0.25) is 0 Å². The summed E-state index contributed by atoms with van der Waals surface area (Å²) in [4.78, 5) is 29.7. The number of nitrogens with zero attached hydrogens (tertiary/aromatic N) is 2. The number of benzene rings is 2. The topological polar surface area (TPSA) is 52.7 Å². The van der Waals surface area contributed by atoms with Gasteiger partial charge < -0.3 is 4.90 Å². The van der Waals surface area contributed by atoms with Crippen LogP contribution in [-0.4, -0.2) is 29.5 Å². The molecule has 1 N–H and O–H groups in total. The third-order valence-electron chi connectivity index (χ3n) is 6.49. The minimum Gasteiger partial charge on any atom is -0.365 e. The van der Waals surface area contributed by atoms with Crippen LogP contribution >= 0.6 is 23.8 Å². The van der Waals surface area contributed by atoms with Crippen molar-refractivity contribution in [2.24, 2.45) is 0 Å². The highest BCUT2D eigenvalue weighted by molar-refractivity contribution is 7.80. The van der Waals surface area contributed by atoms with Crippen LogP contribution in [0, 0.1) is 13.8 Å². The van der Waals surface area contributed by atoms with Crippen molar-refractivity contribution in [1.29, 1.82) is 0 Å². The number of allylic oxidation sites excluding steroid dienone is 1. The molecule has 170 valence electrons. The molecule has 4 rings (SSSR count). The van der Waals surface area contributed by atoms with E-state index in [0.717, 1.165) is 28.0 Å². The number of nitrogens with one attached hydrogen (secondary N) is 1. The van der Waals surface area contributed by atoms with E-state index < -0.39 is 11.8 Å². The zero-order chi connectivity index (χ0) is 24.2. The first-order valence-electron chi connectivity index (χ1n) is 10.7. The Morgan fingerprint density at radius 2 is 1.76 bits per heavy atom. The number of likely N-dealkylation sites (N-methyl/N-ethyl adjacent to an activating group) is 1. The van der Waals surface area contributed by atoms with E-state index >= 15 is 0 Å². The number of carbonyl (C=O) groups excluding carboxylic acids is 2. The minimum atomic E-state index is -0.538. The molecule has 33 heavy (non-hydrogen) atoms. The van der Waals surface area contributed by atoms with Crippen molar-refractivity contribution < 1.29 is 9.59 Å². The number of rotatable bonds is 2. The number of fused-ring (bicyclic) bond motifs is 1. The molecule has 2 heterocycles. The van der Waals surface area contributed by atoms with Crippen molar-refractivity contribution in [2.45, 2.75) is 40.2 Å². The molecule has 2 aliphatic rings. The van der Waals surface area contributed by atoms with E-state index in [-0.39, 0.29) is 16.2 Å². The summed E-state index contributed by atoms with van der Waals surface area (Å²) >= 11 is 11.9. The van der Waals surface area contributed by atoms with Gasteiger partial charge in [-0.05, 0) is 99.4 Å². The maximum atomic E-state index is 13.4. The van der Waals surface area contributed by atoms with Crippen LogP contribution in [-0.2, 0) is 9.59 Å². The highest BCUT2D eigenvalue weighted by atomic mass is 35.5. The standard InChI is InChI=1S/C26H26ClN3O2S/c1-14-7-8-18(9-15(14)2)30-24(32)20(23(31)28-25(30)33)11-17-10-19-16(3)13-26(4,5)29(6)22(19)12-21(17)27/h7-13H,1-6H3,(H,28,31,33)/b20-11-. The van der Waals surface area contributed by atoms with E-state index in [2.05, 4.69) is 37.1 Å². The number of amides is 2. The zero-order valence-corrected chi connectivity index (χ0v) is 21.1. The second-order valence-electron chi connectivity index (χ2n) is 9.16. The maximum Gasteiger partial charge on any atom is 0.270 e. The fourth-order valence-electron chi connectivity index (χ4n) is 4.21. The van der Waals surface area contributed by atoms with Crippen LogP contribution in [0.4, 0.5) is 11.4 Å². The Labute approximate surface area is 204 Å². The Kier molecular flexibility index (Phi) is 5.71. The monoisotopic (exact) mass is 479 g/mol. The second kappa shape index (κ2) is 8.12. The van der Waals surface area contributed by atoms with E-state index in [0.29, 0.717) is 16.3 Å². The molecule has 0 spiro atoms. The molecule has 1 saturated heterocycles. The van der Waals surface area contributed by atoms with Gasteiger partial charge in [0, 0.05) is 23.3 Å². The number of anilines is 2. The van der Waals surface area contributed by atoms with Gasteiger partial charge in [-0.3, -0.25) is 19.8 Å². The summed E-state index contributed by atoms with van der Waals surface area (Å²) < 4.78 is 0. The predicted molar refractivity (Wildman–Crippen MR) is 140 cm³/mol. The van der Waals surface area contributed by atoms with Gasteiger partial charge in [0.15, 0.2) is 5.11 Å². The molecule has 1 fully saturated rings. The van der Waals surface area contributed by atoms with Crippen LogP contribution in [0.15, 0.2) is 42.0 Å². The molecule has 2 aliphatic heterocycles. The molecule has 0 saturated carbocycles. The van der Waals surface area contributed by atoms with E-state index in [4.69, 9.17) is 23.8 Å². The first kappa shape index (κ1) is 23.2. The van der Waals surface area contributed by atoms with Gasteiger partial charge in [-0.15, -0.1) is 0 Å². The Morgan fingerprint density at radius 3 is 2.42 bits per heavy atom. The number of thiocarbonyl (C=S) groups is 1. The maximum absolute atomic E-state index is 13.4. The summed E-state index contributed by atoms with van der Waals surface area (Å²) in [5.74, 6) is -1.02. The fourth-order valence-corrected chi connectivity index (χ4v) is 4.70. The van der Waals surface area contributed by atoms with Gasteiger partial charge >= 0.3 is 0 Å². The molecule has 0 atom stereocenters. The molecule has 0 bridgehead atoms. The largest absolute Gasteiger partial charge is 0.365 e. The minimum absolute atomic E-state index is 0.0187. The number of carbonyl (C=O) groups is 2. The Morgan fingerprint density at radius 1 is 1.06 bits per heavy atom. The second-order valence-corrected chi connectivity index (χ2v) is 9.95. The number of hydrogen-bond donors (Lipinski definition) is 1. The molecular weight excluding hydrogens is 454 g/mol. The fraction of sp³-hybridized carbons (Fsp3) is 0.269. The van der Waals surface area contributed by atoms with Crippen LogP contribution < -0.4 is 15.1 Å². The van der Waals surface area contributed by atoms with Crippen LogP contribution in [0.25, 0.3) is 11.6 Å². The summed E-state index contributed by atoms with van der Waals surface area (Å²) in [6.07, 6.45) is 3.74. The molecule has 0 aliphatic carbocycles. The highest BCUT2D eigenvalue weighted by Crippen LogP contribution is 2.41. The smallest absolute Gasteiger partial charge is 0.270 e. The lowest BCUT2D eigenvalue weighted by Crippen LogP contribution is -2.54. The van der Waals surface area contributed by atoms with E-state index in [1.165, 1.54) is 4.90 Å². The van der Waals surface area contributed by atoms with Gasteiger partial charge in [-0.1, -0.05) is 23.7 Å². The summed E-state index contributed by atoms with van der Waals surface area (Å²) in [7, 11) is 2.02. The molecule has 0 aromatic heterocycles. The van der Waals surface area contributed by atoms with Crippen molar-refractivity contribution >= 4 is 63.8 Å². The van der Waals surface area contributed by atoms with E-state index in [1.807, 2.05) is 51.2 Å². The summed E-state index contributed by atoms with van der Waals surface area (Å²) in [5.41, 5.74) is 6.30. The first-order chi connectivity index (χ1) is 15.4. The SMILES string of the molecule is CC1=CC(C)(C)N(C)c2cc(Cl)c(/C=C3/C(=O)NC(=S)N(c4ccc(C)c(C)c4)C3=O)cc21. The van der Waals surface area contributed by atoms with E-state index in [1.54, 1.807) is 6.08 Å². The van der Waals surface area contributed by atoms with E-state index in [9.17, 15) is 9.59 Å². The Hall–Kier alpha value is -2.96. The van der Waals surface area contributed by atoms with Crippen molar-refractivity contribution in [2.75, 3.05) is 16.8 Å². The van der Waals surface area contributed by atoms with Crippen LogP contribution in [0.3, 0.4) is 0 Å². The summed E-state index contributed by atoms with van der Waals surface area (Å²) in [5, 5.41) is 3.16. The average molecular weight is 480 g/mol. The number of hydrogen-bond acceptors (Lipinski definition) is 4. The van der Waals surface area contributed by atoms with Gasteiger partial charge in [0.05, 0.1) is 11.2 Å². The average Bonchev–Trinajstić information content (AvgIpc) is 2.72. The Balaban J connectivity index is 1.79. The third-order valence-corrected chi connectivity index (χ3v) is 7.10. The molecule has 2 aromatic carbocycles. The lowest BCUT2D eigenvalue weighted by atomic mass is 9.88. The molecule has 0 unspecified atom stereocenters. The van der Waals surface area contributed by atoms with Crippen molar-refractivity contribution in [3.8, 4) is 0 Å². The molecule has 2 aromatic rings. The lowest BCUT2D eigenvalue weighted by Gasteiger charge is -2.40. The molecule has 2 amide bonds. The van der Waals surface area contributed by atoms with Crippen LogP contribution in [0.5, 0.6) is 0 Å². The highest BCUT2D eigenvalue weighted by Gasteiger charge is 2.35. The summed E-state index contributed by atoms with van der Waals surface area (Å²) in [6.45, 7) is 10.3. The zero-order valence-electron chi connectivity index (χ0n) is 19.5. The predicted octanol–water partition coefficient (Wildman–Crippen LogP) is 5.42. The van der Waals surface area contributed by atoms with Crippen molar-refractivity contribution in [3.05, 3.63) is 69.3 Å². The van der Waals surface area contributed by atoms with Crippen molar-refractivity contribution in [1.82, 2.24) is 5.32 Å². The molecule has 5 nitrogen and oxygen atoms in total. The Bertz CT molecular complexity index is 1290. The van der Waals surface area contributed by atoms with Gasteiger partial charge in [0.25, 0.3) is 11.8 Å².